The van der Waals surface area contributed by atoms with Crippen LogP contribution in [0.25, 0.3) is 0 Å². The fraction of sp³-hybridized carbons (Fsp3) is 0.529. The van der Waals surface area contributed by atoms with Gasteiger partial charge < -0.3 is 15.3 Å². The van der Waals surface area contributed by atoms with Gasteiger partial charge in [0.2, 0.25) is 0 Å². The summed E-state index contributed by atoms with van der Waals surface area (Å²) in [5.74, 6) is -3.55. The van der Waals surface area contributed by atoms with E-state index in [1.165, 1.54) is 0 Å². The summed E-state index contributed by atoms with van der Waals surface area (Å²) in [6.45, 7) is 5.80. The molecule has 0 saturated heterocycles. The van der Waals surface area contributed by atoms with Crippen LogP contribution in [0.3, 0.4) is 0 Å². The maximum atomic E-state index is 12.5. The fourth-order valence-electron chi connectivity index (χ4n) is 3.47. The summed E-state index contributed by atoms with van der Waals surface area (Å²) >= 11 is 0. The molecule has 0 aromatic heterocycles. The summed E-state index contributed by atoms with van der Waals surface area (Å²) in [4.78, 5) is 23.8. The van der Waals surface area contributed by atoms with Crippen molar-refractivity contribution < 1.29 is 24.9 Å². The average Bonchev–Trinajstić information content (AvgIpc) is 2.70. The molecule has 1 aromatic carbocycles. The Labute approximate surface area is 129 Å². The van der Waals surface area contributed by atoms with E-state index in [0.717, 1.165) is 22.3 Å². The number of carbonyl (C=O) groups is 2. The predicted molar refractivity (Wildman–Crippen MR) is 80.6 cm³/mol. The molecule has 1 saturated carbocycles. The van der Waals surface area contributed by atoms with Gasteiger partial charge in [0.1, 0.15) is 5.78 Å². The van der Waals surface area contributed by atoms with Gasteiger partial charge in [-0.2, -0.15) is 0 Å². The fourth-order valence-corrected chi connectivity index (χ4v) is 3.47. The molecule has 22 heavy (non-hydrogen) atoms. The Hall–Kier alpha value is -1.72. The number of aryl methyl sites for hydroxylation is 3. The maximum absolute atomic E-state index is 12.5. The second-order valence-electron chi connectivity index (χ2n) is 6.28. The Kier molecular flexibility index (Phi) is 4.68. The number of carbonyl (C=O) groups excluding carboxylic acids is 1. The molecule has 0 aliphatic heterocycles. The Morgan fingerprint density at radius 2 is 1.68 bits per heavy atom. The van der Waals surface area contributed by atoms with Crippen molar-refractivity contribution in [1.29, 1.82) is 0 Å². The molecule has 0 heterocycles. The molecule has 4 unspecified atom stereocenters. The molecule has 0 bridgehead atoms. The van der Waals surface area contributed by atoms with Crippen molar-refractivity contribution in [3.63, 3.8) is 0 Å². The minimum atomic E-state index is -1.31. The van der Waals surface area contributed by atoms with Gasteiger partial charge in [-0.3, -0.25) is 9.59 Å². The average molecular weight is 306 g/mol. The van der Waals surface area contributed by atoms with E-state index in [9.17, 15) is 24.9 Å². The zero-order chi connectivity index (χ0) is 16.6. The molecule has 1 fully saturated rings. The van der Waals surface area contributed by atoms with Crippen molar-refractivity contribution in [3.05, 3.63) is 34.4 Å². The van der Waals surface area contributed by atoms with Crippen molar-refractivity contribution >= 4 is 11.8 Å². The third kappa shape index (κ3) is 3.05. The summed E-state index contributed by atoms with van der Waals surface area (Å²) in [6.07, 6.45) is -2.47. The summed E-state index contributed by atoms with van der Waals surface area (Å²) in [5, 5.41) is 28.9. The highest BCUT2D eigenvalue weighted by Gasteiger charge is 2.48. The van der Waals surface area contributed by atoms with Crippen LogP contribution in [0.1, 0.15) is 28.7 Å². The zero-order valence-corrected chi connectivity index (χ0v) is 13.0. The monoisotopic (exact) mass is 306 g/mol. The second kappa shape index (κ2) is 6.18. The molecule has 1 aliphatic rings. The molecule has 120 valence electrons. The molecule has 5 nitrogen and oxygen atoms in total. The van der Waals surface area contributed by atoms with Crippen LogP contribution in [0.15, 0.2) is 12.1 Å². The molecule has 0 amide bonds. The largest absolute Gasteiger partial charge is 0.481 e. The van der Waals surface area contributed by atoms with Crippen molar-refractivity contribution in [2.24, 2.45) is 11.8 Å². The number of hydrogen-bond donors (Lipinski definition) is 3. The SMILES string of the molecule is Cc1cc(C)c(CC(=O)C2C(C(=O)O)CC(O)C2O)c(C)c1. The number of carboxylic acid groups (broad SMARTS) is 1. The predicted octanol–water partition coefficient (Wildman–Crippen LogP) is 1.17. The maximum Gasteiger partial charge on any atom is 0.307 e. The van der Waals surface area contributed by atoms with Crippen LogP contribution in [0.4, 0.5) is 0 Å². The number of rotatable bonds is 4. The highest BCUT2D eigenvalue weighted by Crippen LogP contribution is 2.34. The van der Waals surface area contributed by atoms with Crippen LogP contribution in [0, 0.1) is 32.6 Å². The molecule has 3 N–H and O–H groups in total. The van der Waals surface area contributed by atoms with E-state index in [-0.39, 0.29) is 18.6 Å². The zero-order valence-electron chi connectivity index (χ0n) is 13.0. The Bertz CT molecular complexity index is 584. The molecule has 4 atom stereocenters. The molecule has 1 aromatic rings. The molecule has 5 heteroatoms. The van der Waals surface area contributed by atoms with Crippen LogP contribution >= 0.6 is 0 Å². The number of aliphatic carboxylic acids is 1. The molecular formula is C17H22O5. The Balaban J connectivity index is 2.27. The molecule has 0 radical (unpaired) electrons. The number of Topliss-reactive ketones (excluding diaryl/α,β-unsaturated/α-hetero) is 1. The minimum Gasteiger partial charge on any atom is -0.481 e. The van der Waals surface area contributed by atoms with Gasteiger partial charge in [0.15, 0.2) is 0 Å². The van der Waals surface area contributed by atoms with Crippen LogP contribution in [0.2, 0.25) is 0 Å². The summed E-state index contributed by atoms with van der Waals surface area (Å²) < 4.78 is 0. The highest BCUT2D eigenvalue weighted by molar-refractivity contribution is 5.89. The number of hydrogen-bond acceptors (Lipinski definition) is 4. The number of aliphatic hydroxyl groups excluding tert-OH is 2. The molecule has 1 aliphatic carbocycles. The molecule has 2 rings (SSSR count). The van der Waals surface area contributed by atoms with Gasteiger partial charge in [0.05, 0.1) is 24.0 Å². The van der Waals surface area contributed by atoms with Gasteiger partial charge in [0.25, 0.3) is 0 Å². The standard InChI is InChI=1S/C17H22O5/c1-8-4-9(2)11(10(3)5-8)6-13(18)15-12(17(21)22)7-14(19)16(15)20/h4-5,12,14-16,19-20H,6-7H2,1-3H3,(H,21,22). The van der Waals surface area contributed by atoms with Crippen LogP contribution in [0.5, 0.6) is 0 Å². The summed E-state index contributed by atoms with van der Waals surface area (Å²) in [5.41, 5.74) is 3.93. The molecule has 0 spiro atoms. The number of benzene rings is 1. The Morgan fingerprint density at radius 3 is 2.18 bits per heavy atom. The quantitative estimate of drug-likeness (QED) is 0.776. The van der Waals surface area contributed by atoms with Crippen molar-refractivity contribution in [1.82, 2.24) is 0 Å². The van der Waals surface area contributed by atoms with Gasteiger partial charge in [-0.15, -0.1) is 0 Å². The molecular weight excluding hydrogens is 284 g/mol. The smallest absolute Gasteiger partial charge is 0.307 e. The van der Waals surface area contributed by atoms with E-state index >= 15 is 0 Å². The summed E-state index contributed by atoms with van der Waals surface area (Å²) in [6, 6.07) is 3.95. The topological polar surface area (TPSA) is 94.8 Å². The van der Waals surface area contributed by atoms with Crippen LogP contribution < -0.4 is 0 Å². The second-order valence-corrected chi connectivity index (χ2v) is 6.28. The van der Waals surface area contributed by atoms with E-state index < -0.39 is 30.0 Å². The van der Waals surface area contributed by atoms with Crippen molar-refractivity contribution in [3.8, 4) is 0 Å². The first-order chi connectivity index (χ1) is 10.2. The summed E-state index contributed by atoms with van der Waals surface area (Å²) in [7, 11) is 0. The minimum absolute atomic E-state index is 0.0795. The lowest BCUT2D eigenvalue weighted by Crippen LogP contribution is -2.35. The lowest BCUT2D eigenvalue weighted by atomic mass is 9.85. The van der Waals surface area contributed by atoms with Gasteiger partial charge in [0, 0.05) is 6.42 Å². The Morgan fingerprint density at radius 1 is 1.14 bits per heavy atom. The van der Waals surface area contributed by atoms with E-state index in [1.54, 1.807) is 0 Å². The van der Waals surface area contributed by atoms with Crippen molar-refractivity contribution in [2.75, 3.05) is 0 Å². The van der Waals surface area contributed by atoms with Gasteiger partial charge in [-0.05, 0) is 43.9 Å². The number of ketones is 1. The van der Waals surface area contributed by atoms with Crippen LogP contribution in [-0.4, -0.2) is 39.3 Å². The van der Waals surface area contributed by atoms with Crippen molar-refractivity contribution in [2.45, 2.75) is 45.8 Å². The normalized spacial score (nSPS) is 27.9. The van der Waals surface area contributed by atoms with E-state index in [0.29, 0.717) is 0 Å². The van der Waals surface area contributed by atoms with E-state index in [1.807, 2.05) is 32.9 Å². The van der Waals surface area contributed by atoms with Crippen LogP contribution in [-0.2, 0) is 16.0 Å². The third-order valence-corrected chi connectivity index (χ3v) is 4.57. The highest BCUT2D eigenvalue weighted by atomic mass is 16.4. The van der Waals surface area contributed by atoms with Gasteiger partial charge >= 0.3 is 5.97 Å². The van der Waals surface area contributed by atoms with Gasteiger partial charge in [-0.1, -0.05) is 17.7 Å². The van der Waals surface area contributed by atoms with E-state index in [4.69, 9.17) is 0 Å². The lowest BCUT2D eigenvalue weighted by molar-refractivity contribution is -0.147. The first-order valence-electron chi connectivity index (χ1n) is 7.40. The number of carboxylic acids is 1. The first-order valence-corrected chi connectivity index (χ1v) is 7.40. The third-order valence-electron chi connectivity index (χ3n) is 4.57. The number of aliphatic hydroxyl groups is 2. The van der Waals surface area contributed by atoms with Gasteiger partial charge in [-0.25, -0.2) is 0 Å². The van der Waals surface area contributed by atoms with E-state index in [2.05, 4.69) is 0 Å². The first kappa shape index (κ1) is 16.6. The lowest BCUT2D eigenvalue weighted by Gasteiger charge is -2.20.